The predicted octanol–water partition coefficient (Wildman–Crippen LogP) is 2.95. The maximum Gasteiger partial charge on any atom is 0.341 e. The van der Waals surface area contributed by atoms with Crippen LogP contribution in [0.5, 0.6) is 5.88 Å². The van der Waals surface area contributed by atoms with Crippen LogP contribution in [0.2, 0.25) is 0 Å². The molecule has 3 aromatic heterocycles. The van der Waals surface area contributed by atoms with E-state index in [2.05, 4.69) is 34.0 Å². The van der Waals surface area contributed by atoms with Crippen LogP contribution in [-0.4, -0.2) is 49.2 Å². The summed E-state index contributed by atoms with van der Waals surface area (Å²) >= 11 is 0. The molecule has 27 heavy (non-hydrogen) atoms. The minimum absolute atomic E-state index is 0.214. The number of hydrogen-bond donors (Lipinski definition) is 0. The second-order valence-corrected chi connectivity index (χ2v) is 6.24. The number of rotatable bonds is 8. The molecular weight excluding hydrogens is 348 g/mol. The van der Waals surface area contributed by atoms with Gasteiger partial charge in [-0.1, -0.05) is 19.8 Å². The van der Waals surface area contributed by atoms with Crippen molar-refractivity contribution in [3.8, 4) is 11.8 Å². The molecule has 9 heteroatoms. The number of carbonyl (C=O) groups is 1. The van der Waals surface area contributed by atoms with E-state index in [-0.39, 0.29) is 6.04 Å². The third-order valence-electron chi connectivity index (χ3n) is 4.29. The Bertz CT molecular complexity index is 932. The molecule has 0 saturated heterocycles. The molecule has 0 saturated carbocycles. The normalized spacial score (nSPS) is 12.3. The van der Waals surface area contributed by atoms with Crippen molar-refractivity contribution in [3.63, 3.8) is 0 Å². The second kappa shape index (κ2) is 8.15. The van der Waals surface area contributed by atoms with Crippen LogP contribution in [-0.2, 0) is 4.74 Å². The van der Waals surface area contributed by atoms with Crippen molar-refractivity contribution in [1.82, 2.24) is 29.5 Å². The fourth-order valence-corrected chi connectivity index (χ4v) is 2.87. The fourth-order valence-electron chi connectivity index (χ4n) is 2.87. The van der Waals surface area contributed by atoms with Gasteiger partial charge in [0.05, 0.1) is 37.7 Å². The lowest BCUT2D eigenvalue weighted by molar-refractivity contribution is 0.0526. The van der Waals surface area contributed by atoms with Crippen LogP contribution in [0.1, 0.15) is 56.4 Å². The number of esters is 1. The van der Waals surface area contributed by atoms with Gasteiger partial charge in [0.25, 0.3) is 5.95 Å². The zero-order valence-corrected chi connectivity index (χ0v) is 16.0. The van der Waals surface area contributed by atoms with E-state index >= 15 is 0 Å². The molecule has 0 aromatic carbocycles. The Morgan fingerprint density at radius 2 is 2.04 bits per heavy atom. The van der Waals surface area contributed by atoms with Crippen LogP contribution in [0.3, 0.4) is 0 Å². The van der Waals surface area contributed by atoms with Crippen molar-refractivity contribution in [1.29, 1.82) is 0 Å². The third-order valence-corrected chi connectivity index (χ3v) is 4.29. The fraction of sp³-hybridized carbons (Fsp3) is 0.500. The van der Waals surface area contributed by atoms with Gasteiger partial charge in [0.2, 0.25) is 5.88 Å². The Morgan fingerprint density at radius 1 is 1.22 bits per heavy atom. The van der Waals surface area contributed by atoms with Crippen LogP contribution in [0.25, 0.3) is 17.0 Å². The summed E-state index contributed by atoms with van der Waals surface area (Å²) in [6, 6.07) is 0.214. The van der Waals surface area contributed by atoms with Crippen molar-refractivity contribution in [3.05, 3.63) is 24.2 Å². The number of hydrogen-bond acceptors (Lipinski definition) is 7. The first kappa shape index (κ1) is 18.8. The van der Waals surface area contributed by atoms with E-state index in [4.69, 9.17) is 9.47 Å². The van der Waals surface area contributed by atoms with Gasteiger partial charge in [-0.2, -0.15) is 15.2 Å². The van der Waals surface area contributed by atoms with Crippen LogP contribution in [0.15, 0.2) is 18.6 Å². The van der Waals surface area contributed by atoms with Gasteiger partial charge in [-0.05, 0) is 20.3 Å². The molecule has 144 valence electrons. The number of fused-ring (bicyclic) bond motifs is 1. The summed E-state index contributed by atoms with van der Waals surface area (Å²) in [5, 5.41) is 8.64. The topological polar surface area (TPSA) is 97.0 Å². The maximum absolute atomic E-state index is 11.8. The molecule has 0 spiro atoms. The first-order valence-electron chi connectivity index (χ1n) is 9.10. The van der Waals surface area contributed by atoms with Crippen LogP contribution in [0, 0.1) is 0 Å². The minimum Gasteiger partial charge on any atom is -0.479 e. The predicted molar refractivity (Wildman–Crippen MR) is 99.2 cm³/mol. The molecular formula is C18H24N6O3. The number of methoxy groups -OCH3 is 1. The molecule has 3 heterocycles. The van der Waals surface area contributed by atoms with E-state index in [1.165, 1.54) is 17.1 Å². The zero-order valence-electron chi connectivity index (χ0n) is 16.0. The number of unbranched alkanes of at least 4 members (excludes halogenated alkanes) is 1. The van der Waals surface area contributed by atoms with E-state index < -0.39 is 5.97 Å². The molecule has 0 bridgehead atoms. The van der Waals surface area contributed by atoms with Gasteiger partial charge in [-0.15, -0.1) is 0 Å². The minimum atomic E-state index is -0.436. The van der Waals surface area contributed by atoms with E-state index in [9.17, 15) is 4.79 Å². The van der Waals surface area contributed by atoms with Crippen LogP contribution < -0.4 is 4.74 Å². The molecule has 0 aliphatic rings. The lowest BCUT2D eigenvalue weighted by Gasteiger charge is -2.14. The number of ether oxygens (including phenoxy) is 2. The van der Waals surface area contributed by atoms with E-state index in [1.807, 2.05) is 4.68 Å². The molecule has 0 radical (unpaired) electrons. The second-order valence-electron chi connectivity index (χ2n) is 6.24. The largest absolute Gasteiger partial charge is 0.479 e. The van der Waals surface area contributed by atoms with E-state index in [0.717, 1.165) is 24.8 Å². The highest BCUT2D eigenvalue weighted by Crippen LogP contribution is 2.27. The molecule has 0 N–H and O–H groups in total. The van der Waals surface area contributed by atoms with Gasteiger partial charge in [-0.25, -0.2) is 14.5 Å². The summed E-state index contributed by atoms with van der Waals surface area (Å²) in [6.07, 6.45) is 7.92. The Labute approximate surface area is 157 Å². The third kappa shape index (κ3) is 3.76. The van der Waals surface area contributed by atoms with Crippen LogP contribution in [0.4, 0.5) is 0 Å². The summed E-state index contributed by atoms with van der Waals surface area (Å²) < 4.78 is 13.8. The highest BCUT2D eigenvalue weighted by Gasteiger charge is 2.19. The molecule has 0 unspecified atom stereocenters. The summed E-state index contributed by atoms with van der Waals surface area (Å²) in [4.78, 5) is 20.8. The number of carbonyl (C=O) groups excluding carboxylic acids is 1. The van der Waals surface area contributed by atoms with Crippen molar-refractivity contribution in [2.24, 2.45) is 0 Å². The first-order chi connectivity index (χ1) is 13.1. The SMILES string of the molecule is CCCC[C@H](C)n1ncc2nc(-n3cc(C(=O)OCC)cn3)nc(OC)c21. The van der Waals surface area contributed by atoms with Gasteiger partial charge < -0.3 is 9.47 Å². The molecule has 0 aliphatic heterocycles. The van der Waals surface area contributed by atoms with Crippen molar-refractivity contribution < 1.29 is 14.3 Å². The summed E-state index contributed by atoms with van der Waals surface area (Å²) in [7, 11) is 1.56. The highest BCUT2D eigenvalue weighted by molar-refractivity contribution is 5.88. The van der Waals surface area contributed by atoms with Gasteiger partial charge in [0, 0.05) is 6.20 Å². The van der Waals surface area contributed by atoms with Gasteiger partial charge in [-0.3, -0.25) is 4.68 Å². The molecule has 9 nitrogen and oxygen atoms in total. The Kier molecular flexibility index (Phi) is 5.68. The van der Waals surface area contributed by atoms with E-state index in [0.29, 0.717) is 29.5 Å². The molecule has 0 amide bonds. The Hall–Kier alpha value is -2.97. The van der Waals surface area contributed by atoms with Gasteiger partial charge >= 0.3 is 5.97 Å². The standard InChI is InChI=1S/C18H24N6O3/c1-5-7-8-12(3)24-15-14(10-20-24)21-18(22-16(15)26-4)23-11-13(9-19-23)17(25)27-6-2/h9-12H,5-8H2,1-4H3/t12-/m0/s1. The smallest absolute Gasteiger partial charge is 0.341 e. The lowest BCUT2D eigenvalue weighted by atomic mass is 10.1. The van der Waals surface area contributed by atoms with Crippen LogP contribution >= 0.6 is 0 Å². The molecule has 3 aromatic rings. The molecule has 0 fully saturated rings. The molecule has 0 aliphatic carbocycles. The quantitative estimate of drug-likeness (QED) is 0.561. The molecule has 3 rings (SSSR count). The summed E-state index contributed by atoms with van der Waals surface area (Å²) in [6.45, 7) is 6.34. The average molecular weight is 372 g/mol. The monoisotopic (exact) mass is 372 g/mol. The molecule has 1 atom stereocenters. The first-order valence-corrected chi connectivity index (χ1v) is 9.10. The van der Waals surface area contributed by atoms with E-state index in [1.54, 1.807) is 20.2 Å². The van der Waals surface area contributed by atoms with Gasteiger partial charge in [0.1, 0.15) is 11.0 Å². The van der Waals surface area contributed by atoms with Crippen molar-refractivity contribution >= 4 is 17.0 Å². The lowest BCUT2D eigenvalue weighted by Crippen LogP contribution is -2.09. The van der Waals surface area contributed by atoms with Crippen molar-refractivity contribution in [2.75, 3.05) is 13.7 Å². The summed E-state index contributed by atoms with van der Waals surface area (Å²) in [5.74, 6) is 0.286. The zero-order chi connectivity index (χ0) is 19.4. The highest BCUT2D eigenvalue weighted by atomic mass is 16.5. The average Bonchev–Trinajstić information content (AvgIpc) is 3.32. The summed E-state index contributed by atoms with van der Waals surface area (Å²) in [5.41, 5.74) is 1.75. The number of nitrogens with zero attached hydrogens (tertiary/aromatic N) is 6. The Balaban J connectivity index is 1.98. The number of aromatic nitrogens is 6. The van der Waals surface area contributed by atoms with Gasteiger partial charge in [0.15, 0.2) is 0 Å². The van der Waals surface area contributed by atoms with Crippen molar-refractivity contribution in [2.45, 2.75) is 46.1 Å². The maximum atomic E-state index is 11.8. The Morgan fingerprint density at radius 3 is 2.74 bits per heavy atom.